The number of hydrogen-bond donors (Lipinski definition) is 1. The maximum absolute atomic E-state index is 11.7. The summed E-state index contributed by atoms with van der Waals surface area (Å²) in [6, 6.07) is 5.25. The molecule has 0 spiro atoms. The zero-order chi connectivity index (χ0) is 12.4. The third kappa shape index (κ3) is 2.92. The van der Waals surface area contributed by atoms with E-state index in [0.717, 1.165) is 5.56 Å². The molecule has 1 saturated heterocycles. The Morgan fingerprint density at radius 3 is 2.76 bits per heavy atom. The zero-order valence-corrected chi connectivity index (χ0v) is 10.7. The molecule has 1 fully saturated rings. The van der Waals surface area contributed by atoms with Crippen LogP contribution in [0.1, 0.15) is 12.0 Å². The molecule has 0 bridgehead atoms. The number of rotatable bonds is 3. The molecule has 0 aromatic heterocycles. The Bertz CT molecular complexity index is 437. The van der Waals surface area contributed by atoms with Gasteiger partial charge in [-0.25, -0.2) is 0 Å². The number of aliphatic hydroxyl groups excluding tert-OH is 1. The van der Waals surface area contributed by atoms with Crippen LogP contribution in [0.2, 0.25) is 10.0 Å². The number of benzene rings is 1. The first-order valence-corrected chi connectivity index (χ1v) is 6.18. The highest BCUT2D eigenvalue weighted by Crippen LogP contribution is 2.25. The van der Waals surface area contributed by atoms with Gasteiger partial charge in [0, 0.05) is 42.1 Å². The molecule has 0 radical (unpaired) electrons. The van der Waals surface area contributed by atoms with Crippen LogP contribution >= 0.6 is 23.2 Å². The van der Waals surface area contributed by atoms with Crippen molar-refractivity contribution in [2.24, 2.45) is 5.92 Å². The molecule has 1 aliphatic heterocycles. The van der Waals surface area contributed by atoms with Crippen molar-refractivity contribution in [3.05, 3.63) is 33.8 Å². The molecule has 2 rings (SSSR count). The molecular formula is C12H13Cl2NO2. The van der Waals surface area contributed by atoms with E-state index in [1.54, 1.807) is 17.0 Å². The van der Waals surface area contributed by atoms with Crippen molar-refractivity contribution in [2.75, 3.05) is 13.2 Å². The minimum Gasteiger partial charge on any atom is -0.396 e. The first kappa shape index (κ1) is 12.7. The Morgan fingerprint density at radius 1 is 1.41 bits per heavy atom. The van der Waals surface area contributed by atoms with Crippen LogP contribution in [-0.2, 0) is 11.3 Å². The van der Waals surface area contributed by atoms with Gasteiger partial charge in [0.05, 0.1) is 0 Å². The summed E-state index contributed by atoms with van der Waals surface area (Å²) < 4.78 is 0. The Labute approximate surface area is 110 Å². The number of aliphatic hydroxyl groups is 1. The quantitative estimate of drug-likeness (QED) is 0.919. The lowest BCUT2D eigenvalue weighted by Gasteiger charge is -2.17. The summed E-state index contributed by atoms with van der Waals surface area (Å²) in [7, 11) is 0. The van der Waals surface area contributed by atoms with Crippen LogP contribution in [0.25, 0.3) is 0 Å². The lowest BCUT2D eigenvalue weighted by atomic mass is 10.1. The molecule has 1 aromatic carbocycles. The van der Waals surface area contributed by atoms with Gasteiger partial charge < -0.3 is 10.0 Å². The van der Waals surface area contributed by atoms with Gasteiger partial charge in [0.25, 0.3) is 0 Å². The second-order valence-electron chi connectivity index (χ2n) is 4.26. The highest BCUT2D eigenvalue weighted by atomic mass is 35.5. The largest absolute Gasteiger partial charge is 0.396 e. The van der Waals surface area contributed by atoms with Crippen LogP contribution in [0.5, 0.6) is 0 Å². The smallest absolute Gasteiger partial charge is 0.223 e. The molecule has 17 heavy (non-hydrogen) atoms. The minimum absolute atomic E-state index is 0.0496. The molecule has 3 nitrogen and oxygen atoms in total. The lowest BCUT2D eigenvalue weighted by molar-refractivity contribution is -0.128. The number of halogens is 2. The third-order valence-electron chi connectivity index (χ3n) is 2.93. The topological polar surface area (TPSA) is 40.5 Å². The van der Waals surface area contributed by atoms with Crippen molar-refractivity contribution in [1.29, 1.82) is 0 Å². The fourth-order valence-corrected chi connectivity index (χ4v) is 2.45. The van der Waals surface area contributed by atoms with E-state index in [0.29, 0.717) is 29.6 Å². The van der Waals surface area contributed by atoms with Gasteiger partial charge in [-0.2, -0.15) is 0 Å². The monoisotopic (exact) mass is 273 g/mol. The molecule has 1 N–H and O–H groups in total. The van der Waals surface area contributed by atoms with Crippen molar-refractivity contribution >= 4 is 29.1 Å². The fraction of sp³-hybridized carbons (Fsp3) is 0.417. The van der Waals surface area contributed by atoms with E-state index in [9.17, 15) is 4.79 Å². The molecule has 1 unspecified atom stereocenters. The fourth-order valence-electron chi connectivity index (χ4n) is 1.98. The van der Waals surface area contributed by atoms with Crippen LogP contribution in [0.3, 0.4) is 0 Å². The molecular weight excluding hydrogens is 261 g/mol. The predicted molar refractivity (Wildman–Crippen MR) is 67.1 cm³/mol. The number of hydrogen-bond acceptors (Lipinski definition) is 2. The molecule has 1 atom stereocenters. The standard InChI is InChI=1S/C12H13Cl2NO2/c13-10-2-1-9(11(14)4-10)6-15-5-8(7-16)3-12(15)17/h1-2,4,8,16H,3,5-7H2. The first-order valence-electron chi connectivity index (χ1n) is 5.42. The van der Waals surface area contributed by atoms with Crippen LogP contribution in [0.4, 0.5) is 0 Å². The summed E-state index contributed by atoms with van der Waals surface area (Å²) in [6.45, 7) is 1.12. The van der Waals surface area contributed by atoms with Crippen LogP contribution < -0.4 is 0 Å². The van der Waals surface area contributed by atoms with Gasteiger partial charge in [-0.15, -0.1) is 0 Å². The van der Waals surface area contributed by atoms with Gasteiger partial charge in [0.15, 0.2) is 0 Å². The van der Waals surface area contributed by atoms with E-state index >= 15 is 0 Å². The molecule has 1 aromatic rings. The molecule has 5 heteroatoms. The highest BCUT2D eigenvalue weighted by molar-refractivity contribution is 6.35. The first-order chi connectivity index (χ1) is 8.10. The van der Waals surface area contributed by atoms with E-state index in [1.165, 1.54) is 0 Å². The van der Waals surface area contributed by atoms with Crippen molar-refractivity contribution in [1.82, 2.24) is 4.90 Å². The molecule has 1 aliphatic rings. The summed E-state index contributed by atoms with van der Waals surface area (Å²) in [5.41, 5.74) is 0.878. The van der Waals surface area contributed by atoms with Gasteiger partial charge in [0.2, 0.25) is 5.91 Å². The van der Waals surface area contributed by atoms with Crippen molar-refractivity contribution in [2.45, 2.75) is 13.0 Å². The highest BCUT2D eigenvalue weighted by Gasteiger charge is 2.29. The van der Waals surface area contributed by atoms with Gasteiger partial charge >= 0.3 is 0 Å². The Balaban J connectivity index is 2.08. The minimum atomic E-state index is 0.0496. The molecule has 1 heterocycles. The van der Waals surface area contributed by atoms with Gasteiger partial charge in [-0.05, 0) is 17.7 Å². The summed E-state index contributed by atoms with van der Waals surface area (Å²) >= 11 is 11.9. The van der Waals surface area contributed by atoms with E-state index in [2.05, 4.69) is 0 Å². The van der Waals surface area contributed by atoms with Gasteiger partial charge in [-0.1, -0.05) is 29.3 Å². The third-order valence-corrected chi connectivity index (χ3v) is 3.52. The number of carbonyl (C=O) groups is 1. The normalized spacial score (nSPS) is 20.1. The Hall–Kier alpha value is -0.770. The van der Waals surface area contributed by atoms with Gasteiger partial charge in [0.1, 0.15) is 0 Å². The Morgan fingerprint density at radius 2 is 2.18 bits per heavy atom. The van der Waals surface area contributed by atoms with Crippen LogP contribution in [0, 0.1) is 5.92 Å². The number of carbonyl (C=O) groups excluding carboxylic acids is 1. The molecule has 0 aliphatic carbocycles. The summed E-state index contributed by atoms with van der Waals surface area (Å²) in [4.78, 5) is 13.4. The average molecular weight is 274 g/mol. The summed E-state index contributed by atoms with van der Waals surface area (Å²) in [6.07, 6.45) is 0.418. The average Bonchev–Trinajstić information content (AvgIpc) is 2.64. The summed E-state index contributed by atoms with van der Waals surface area (Å²) in [5, 5.41) is 10.2. The van der Waals surface area contributed by atoms with Crippen LogP contribution in [0.15, 0.2) is 18.2 Å². The Kier molecular flexibility index (Phi) is 3.92. The second kappa shape index (κ2) is 5.25. The predicted octanol–water partition coefficient (Wildman–Crippen LogP) is 2.33. The molecule has 1 amide bonds. The van der Waals surface area contributed by atoms with Crippen molar-refractivity contribution in [3.8, 4) is 0 Å². The van der Waals surface area contributed by atoms with Gasteiger partial charge in [-0.3, -0.25) is 4.79 Å². The second-order valence-corrected chi connectivity index (χ2v) is 5.11. The van der Waals surface area contributed by atoms with E-state index in [-0.39, 0.29) is 18.4 Å². The molecule has 0 saturated carbocycles. The van der Waals surface area contributed by atoms with E-state index < -0.39 is 0 Å². The summed E-state index contributed by atoms with van der Waals surface area (Å²) in [5.74, 6) is 0.114. The van der Waals surface area contributed by atoms with Crippen molar-refractivity contribution in [3.63, 3.8) is 0 Å². The molecule has 92 valence electrons. The maximum atomic E-state index is 11.7. The van der Waals surface area contributed by atoms with E-state index in [4.69, 9.17) is 28.3 Å². The number of amides is 1. The van der Waals surface area contributed by atoms with Crippen molar-refractivity contribution < 1.29 is 9.90 Å². The van der Waals surface area contributed by atoms with Crippen LogP contribution in [-0.4, -0.2) is 29.1 Å². The number of likely N-dealkylation sites (tertiary alicyclic amines) is 1. The lowest BCUT2D eigenvalue weighted by Crippen LogP contribution is -2.25. The van der Waals surface area contributed by atoms with E-state index in [1.807, 2.05) is 6.07 Å². The maximum Gasteiger partial charge on any atom is 0.223 e. The zero-order valence-electron chi connectivity index (χ0n) is 9.20. The SMILES string of the molecule is O=C1CC(CO)CN1Cc1ccc(Cl)cc1Cl. The number of nitrogens with zero attached hydrogens (tertiary/aromatic N) is 1.